The van der Waals surface area contributed by atoms with Gasteiger partial charge in [-0.25, -0.2) is 14.8 Å². The van der Waals surface area contributed by atoms with Crippen molar-refractivity contribution in [3.05, 3.63) is 71.8 Å². The highest BCUT2D eigenvalue weighted by Crippen LogP contribution is 2.35. The molecule has 2 atom stereocenters. The summed E-state index contributed by atoms with van der Waals surface area (Å²) in [5.74, 6) is -0.246. The molecule has 0 spiro atoms. The minimum Gasteiger partial charge on any atom is -0.334 e. The van der Waals surface area contributed by atoms with E-state index in [2.05, 4.69) is 19.2 Å². The highest BCUT2D eigenvalue weighted by molar-refractivity contribution is 5.92. The first-order valence-electron chi connectivity index (χ1n) is 11.9. The fourth-order valence-corrected chi connectivity index (χ4v) is 5.03. The second kappa shape index (κ2) is 10.3. The van der Waals surface area contributed by atoms with Gasteiger partial charge in [0.25, 0.3) is 0 Å². The Kier molecular flexibility index (Phi) is 7.17. The fraction of sp³-hybridized carbons (Fsp3) is 0.423. The SMILES string of the molecule is CCC(CC)N1C[C@H]2N(C(=O)CN(C)N2C(=O)NCc2ccccc2)[C@@H](c2ccccc2)C1=O. The van der Waals surface area contributed by atoms with Gasteiger partial charge in [-0.05, 0) is 24.0 Å². The second-order valence-electron chi connectivity index (χ2n) is 8.86. The van der Waals surface area contributed by atoms with Crippen LogP contribution in [0.2, 0.25) is 0 Å². The van der Waals surface area contributed by atoms with E-state index in [-0.39, 0.29) is 37.0 Å². The van der Waals surface area contributed by atoms with Gasteiger partial charge in [-0.3, -0.25) is 9.59 Å². The maximum Gasteiger partial charge on any atom is 0.334 e. The van der Waals surface area contributed by atoms with Crippen LogP contribution in [-0.4, -0.2) is 70.0 Å². The molecule has 0 saturated carbocycles. The molecule has 1 N–H and O–H groups in total. The zero-order valence-corrected chi connectivity index (χ0v) is 20.1. The number of rotatable bonds is 6. The summed E-state index contributed by atoms with van der Waals surface area (Å²) in [6.45, 7) is 4.81. The number of fused-ring (bicyclic) bond motifs is 1. The molecule has 0 radical (unpaired) electrons. The van der Waals surface area contributed by atoms with Crippen LogP contribution in [0.5, 0.6) is 0 Å². The van der Waals surface area contributed by atoms with E-state index in [1.54, 1.807) is 22.0 Å². The number of likely N-dealkylation sites (N-methyl/N-ethyl adjacent to an activating group) is 1. The molecule has 34 heavy (non-hydrogen) atoms. The first-order valence-corrected chi connectivity index (χ1v) is 11.9. The molecule has 0 aliphatic carbocycles. The molecule has 0 aromatic heterocycles. The summed E-state index contributed by atoms with van der Waals surface area (Å²) in [5, 5.41) is 6.25. The average molecular weight is 464 g/mol. The minimum atomic E-state index is -0.758. The molecular formula is C26H33N5O3. The van der Waals surface area contributed by atoms with Crippen molar-refractivity contribution in [2.45, 2.75) is 51.5 Å². The van der Waals surface area contributed by atoms with Crippen LogP contribution in [0.3, 0.4) is 0 Å². The van der Waals surface area contributed by atoms with Crippen LogP contribution in [-0.2, 0) is 16.1 Å². The largest absolute Gasteiger partial charge is 0.334 e. The molecule has 2 saturated heterocycles. The summed E-state index contributed by atoms with van der Waals surface area (Å²) in [6, 6.07) is 18.1. The molecule has 2 fully saturated rings. The Labute approximate surface area is 201 Å². The molecule has 4 rings (SSSR count). The van der Waals surface area contributed by atoms with Crippen LogP contribution < -0.4 is 5.32 Å². The molecule has 0 unspecified atom stereocenters. The topological polar surface area (TPSA) is 76.2 Å². The van der Waals surface area contributed by atoms with Crippen molar-refractivity contribution in [1.29, 1.82) is 0 Å². The summed E-state index contributed by atoms with van der Waals surface area (Å²) in [4.78, 5) is 43.9. The van der Waals surface area contributed by atoms with Crippen molar-refractivity contribution in [2.24, 2.45) is 0 Å². The predicted molar refractivity (Wildman–Crippen MR) is 129 cm³/mol. The maximum absolute atomic E-state index is 13.8. The Morgan fingerprint density at radius 2 is 1.62 bits per heavy atom. The number of piperazine rings is 1. The smallest absolute Gasteiger partial charge is 0.334 e. The number of hydrogen-bond acceptors (Lipinski definition) is 4. The number of benzene rings is 2. The lowest BCUT2D eigenvalue weighted by molar-refractivity contribution is -0.190. The molecule has 8 heteroatoms. The molecule has 2 heterocycles. The highest BCUT2D eigenvalue weighted by atomic mass is 16.2. The molecule has 4 amide bonds. The van der Waals surface area contributed by atoms with Gasteiger partial charge in [-0.2, -0.15) is 0 Å². The van der Waals surface area contributed by atoms with E-state index in [0.717, 1.165) is 24.0 Å². The second-order valence-corrected chi connectivity index (χ2v) is 8.86. The van der Waals surface area contributed by atoms with E-state index in [1.807, 2.05) is 65.6 Å². The van der Waals surface area contributed by atoms with Gasteiger partial charge in [-0.15, -0.1) is 0 Å². The number of amides is 4. The van der Waals surface area contributed by atoms with Gasteiger partial charge >= 0.3 is 6.03 Å². The quantitative estimate of drug-likeness (QED) is 0.715. The molecule has 2 aromatic carbocycles. The molecule has 2 aliphatic heterocycles. The van der Waals surface area contributed by atoms with E-state index < -0.39 is 12.2 Å². The highest BCUT2D eigenvalue weighted by Gasteiger charge is 2.52. The third kappa shape index (κ3) is 4.50. The Bertz CT molecular complexity index is 1010. The van der Waals surface area contributed by atoms with E-state index in [0.29, 0.717) is 6.54 Å². The normalized spacial score (nSPS) is 21.1. The predicted octanol–water partition coefficient (Wildman–Crippen LogP) is 2.99. The monoisotopic (exact) mass is 463 g/mol. The maximum atomic E-state index is 13.8. The first kappa shape index (κ1) is 23.8. The number of urea groups is 1. The number of hydrogen-bond donors (Lipinski definition) is 1. The van der Waals surface area contributed by atoms with Crippen LogP contribution in [0.4, 0.5) is 4.79 Å². The van der Waals surface area contributed by atoms with Gasteiger partial charge < -0.3 is 15.1 Å². The number of carbonyl (C=O) groups is 3. The number of nitrogens with zero attached hydrogens (tertiary/aromatic N) is 4. The van der Waals surface area contributed by atoms with Gasteiger partial charge in [0.15, 0.2) is 0 Å². The lowest BCUT2D eigenvalue weighted by Crippen LogP contribution is -2.74. The zero-order valence-electron chi connectivity index (χ0n) is 20.1. The van der Waals surface area contributed by atoms with Gasteiger partial charge in [0.05, 0.1) is 13.1 Å². The summed E-state index contributed by atoms with van der Waals surface area (Å²) in [7, 11) is 1.74. The number of carbonyl (C=O) groups excluding carboxylic acids is 3. The minimum absolute atomic E-state index is 0.0247. The summed E-state index contributed by atoms with van der Waals surface area (Å²) in [6.07, 6.45) is 1.02. The summed E-state index contributed by atoms with van der Waals surface area (Å²) >= 11 is 0. The first-order chi connectivity index (χ1) is 16.5. The van der Waals surface area contributed by atoms with Gasteiger partial charge in [-0.1, -0.05) is 74.5 Å². The van der Waals surface area contributed by atoms with Crippen molar-refractivity contribution in [3.8, 4) is 0 Å². The van der Waals surface area contributed by atoms with E-state index in [1.165, 1.54) is 0 Å². The number of hydrazine groups is 1. The summed E-state index contributed by atoms with van der Waals surface area (Å²) < 4.78 is 0. The fourth-order valence-electron chi connectivity index (χ4n) is 5.03. The molecule has 180 valence electrons. The van der Waals surface area contributed by atoms with Crippen LogP contribution >= 0.6 is 0 Å². The molecular weight excluding hydrogens is 430 g/mol. The van der Waals surface area contributed by atoms with Crippen LogP contribution in [0.15, 0.2) is 60.7 Å². The van der Waals surface area contributed by atoms with Gasteiger partial charge in [0.1, 0.15) is 12.2 Å². The molecule has 2 aromatic rings. The zero-order chi connectivity index (χ0) is 24.2. The average Bonchev–Trinajstić information content (AvgIpc) is 2.85. The lowest BCUT2D eigenvalue weighted by Gasteiger charge is -2.55. The van der Waals surface area contributed by atoms with Crippen LogP contribution in [0, 0.1) is 0 Å². The van der Waals surface area contributed by atoms with Crippen molar-refractivity contribution in [3.63, 3.8) is 0 Å². The van der Waals surface area contributed by atoms with E-state index in [9.17, 15) is 14.4 Å². The Balaban J connectivity index is 1.69. The third-order valence-electron chi connectivity index (χ3n) is 6.77. The van der Waals surface area contributed by atoms with Crippen molar-refractivity contribution < 1.29 is 14.4 Å². The Morgan fingerprint density at radius 1 is 1.00 bits per heavy atom. The third-order valence-corrected chi connectivity index (χ3v) is 6.77. The molecule has 0 bridgehead atoms. The summed E-state index contributed by atoms with van der Waals surface area (Å²) in [5.41, 5.74) is 1.75. The van der Waals surface area contributed by atoms with Gasteiger partial charge in [0, 0.05) is 19.6 Å². The van der Waals surface area contributed by atoms with Crippen molar-refractivity contribution in [1.82, 2.24) is 25.1 Å². The van der Waals surface area contributed by atoms with E-state index >= 15 is 0 Å². The lowest BCUT2D eigenvalue weighted by atomic mass is 9.96. The van der Waals surface area contributed by atoms with Crippen molar-refractivity contribution >= 4 is 17.8 Å². The molecule has 2 aliphatic rings. The Morgan fingerprint density at radius 3 is 2.24 bits per heavy atom. The van der Waals surface area contributed by atoms with E-state index in [4.69, 9.17) is 0 Å². The van der Waals surface area contributed by atoms with Crippen molar-refractivity contribution in [2.75, 3.05) is 20.1 Å². The number of nitrogens with one attached hydrogen (secondary N) is 1. The Hall–Kier alpha value is -3.39. The standard InChI is InChI=1S/C26H33N5O3/c1-4-21(5-2)29-17-22-30(24(25(29)33)20-14-10-7-11-15-20)23(32)18-28(3)31(22)26(34)27-16-19-12-8-6-9-13-19/h6-15,21-22,24H,4-5,16-18H2,1-3H3,(H,27,34)/t22-,24-/m0/s1. The molecule has 8 nitrogen and oxygen atoms in total. The van der Waals surface area contributed by atoms with Crippen LogP contribution in [0.25, 0.3) is 0 Å². The van der Waals surface area contributed by atoms with Gasteiger partial charge in [0.2, 0.25) is 11.8 Å². The van der Waals surface area contributed by atoms with Crippen LogP contribution in [0.1, 0.15) is 43.9 Å².